The van der Waals surface area contributed by atoms with Crippen LogP contribution in [0.1, 0.15) is 28.8 Å². The molecule has 90 valence electrons. The van der Waals surface area contributed by atoms with Gasteiger partial charge < -0.3 is 11.1 Å². The monoisotopic (exact) mass is 294 g/mol. The molecule has 0 heterocycles. The SMILES string of the molecule is Cc1c(N)cc(Br)cc1C(=O)NC1CC=CC1. The van der Waals surface area contributed by atoms with Crippen molar-refractivity contribution in [2.45, 2.75) is 25.8 Å². The molecule has 1 aliphatic carbocycles. The van der Waals surface area contributed by atoms with Crippen LogP contribution in [0.3, 0.4) is 0 Å². The zero-order valence-corrected chi connectivity index (χ0v) is 11.3. The predicted octanol–water partition coefficient (Wildman–Crippen LogP) is 2.79. The third-order valence-electron chi connectivity index (χ3n) is 3.00. The van der Waals surface area contributed by atoms with Crippen LogP contribution in [-0.4, -0.2) is 11.9 Å². The van der Waals surface area contributed by atoms with Gasteiger partial charge in [0.25, 0.3) is 5.91 Å². The van der Waals surface area contributed by atoms with Gasteiger partial charge >= 0.3 is 0 Å². The lowest BCUT2D eigenvalue weighted by Gasteiger charge is -2.14. The molecule has 0 aromatic heterocycles. The number of carbonyl (C=O) groups excluding carboxylic acids is 1. The highest BCUT2D eigenvalue weighted by Crippen LogP contribution is 2.23. The lowest BCUT2D eigenvalue weighted by atomic mass is 10.1. The van der Waals surface area contributed by atoms with Gasteiger partial charge in [-0.2, -0.15) is 0 Å². The number of nitrogen functional groups attached to an aromatic ring is 1. The molecule has 3 N–H and O–H groups in total. The van der Waals surface area contributed by atoms with Gasteiger partial charge in [-0.1, -0.05) is 28.1 Å². The molecule has 1 aromatic carbocycles. The fourth-order valence-electron chi connectivity index (χ4n) is 1.93. The second-order valence-electron chi connectivity index (χ2n) is 4.28. The number of nitrogens with one attached hydrogen (secondary N) is 1. The molecule has 2 rings (SSSR count). The third kappa shape index (κ3) is 2.69. The molecular formula is C13H15BrN2O. The zero-order chi connectivity index (χ0) is 12.4. The van der Waals surface area contributed by atoms with E-state index in [1.165, 1.54) is 0 Å². The van der Waals surface area contributed by atoms with Crippen LogP contribution in [0.4, 0.5) is 5.69 Å². The highest BCUT2D eigenvalue weighted by atomic mass is 79.9. The van der Waals surface area contributed by atoms with Crippen LogP contribution in [0.2, 0.25) is 0 Å². The van der Waals surface area contributed by atoms with Crippen LogP contribution in [0.15, 0.2) is 28.8 Å². The Balaban J connectivity index is 2.18. The summed E-state index contributed by atoms with van der Waals surface area (Å²) in [5, 5.41) is 3.01. The minimum absolute atomic E-state index is 0.0517. The first kappa shape index (κ1) is 12.2. The summed E-state index contributed by atoms with van der Waals surface area (Å²) in [7, 11) is 0. The molecule has 0 bridgehead atoms. The molecule has 0 saturated heterocycles. The van der Waals surface area contributed by atoms with Crippen molar-refractivity contribution in [3.05, 3.63) is 39.9 Å². The van der Waals surface area contributed by atoms with Crippen LogP contribution in [-0.2, 0) is 0 Å². The maximum atomic E-state index is 12.1. The normalized spacial score (nSPS) is 15.2. The maximum absolute atomic E-state index is 12.1. The largest absolute Gasteiger partial charge is 0.398 e. The van der Waals surface area contributed by atoms with Crippen molar-refractivity contribution in [2.75, 3.05) is 5.73 Å². The number of hydrogen-bond acceptors (Lipinski definition) is 2. The Morgan fingerprint density at radius 1 is 1.41 bits per heavy atom. The molecule has 4 heteroatoms. The summed E-state index contributed by atoms with van der Waals surface area (Å²) in [6, 6.07) is 3.84. The Morgan fingerprint density at radius 3 is 2.71 bits per heavy atom. The Labute approximate surface area is 109 Å². The fourth-order valence-corrected chi connectivity index (χ4v) is 2.41. The van der Waals surface area contributed by atoms with E-state index in [2.05, 4.69) is 33.4 Å². The van der Waals surface area contributed by atoms with Crippen molar-refractivity contribution in [2.24, 2.45) is 0 Å². The average Bonchev–Trinajstić information content (AvgIpc) is 2.76. The molecule has 17 heavy (non-hydrogen) atoms. The summed E-state index contributed by atoms with van der Waals surface area (Å²) >= 11 is 3.36. The van der Waals surface area contributed by atoms with Gasteiger partial charge in [-0.15, -0.1) is 0 Å². The van der Waals surface area contributed by atoms with E-state index in [9.17, 15) is 4.79 Å². The molecule has 0 spiro atoms. The van der Waals surface area contributed by atoms with E-state index in [0.29, 0.717) is 11.3 Å². The van der Waals surface area contributed by atoms with Crippen LogP contribution in [0, 0.1) is 6.92 Å². The summed E-state index contributed by atoms with van der Waals surface area (Å²) in [5.41, 5.74) is 7.95. The topological polar surface area (TPSA) is 55.1 Å². The number of carbonyl (C=O) groups is 1. The molecule has 0 radical (unpaired) electrons. The van der Waals surface area contributed by atoms with E-state index >= 15 is 0 Å². The lowest BCUT2D eigenvalue weighted by molar-refractivity contribution is 0.0938. The highest BCUT2D eigenvalue weighted by Gasteiger charge is 2.17. The molecule has 0 saturated carbocycles. The summed E-state index contributed by atoms with van der Waals surface area (Å²) in [5.74, 6) is -0.0517. The van der Waals surface area contributed by atoms with Gasteiger partial charge in [-0.25, -0.2) is 0 Å². The van der Waals surface area contributed by atoms with Crippen molar-refractivity contribution in [1.82, 2.24) is 5.32 Å². The van der Waals surface area contributed by atoms with E-state index < -0.39 is 0 Å². The zero-order valence-electron chi connectivity index (χ0n) is 9.66. The average molecular weight is 295 g/mol. The van der Waals surface area contributed by atoms with Crippen LogP contribution < -0.4 is 11.1 Å². The van der Waals surface area contributed by atoms with Crippen molar-refractivity contribution < 1.29 is 4.79 Å². The smallest absolute Gasteiger partial charge is 0.251 e. The van der Waals surface area contributed by atoms with Gasteiger partial charge in [-0.3, -0.25) is 4.79 Å². The molecule has 3 nitrogen and oxygen atoms in total. The molecular weight excluding hydrogens is 280 g/mol. The summed E-state index contributed by atoms with van der Waals surface area (Å²) in [6.45, 7) is 1.86. The minimum Gasteiger partial charge on any atom is -0.398 e. The van der Waals surface area contributed by atoms with E-state index in [-0.39, 0.29) is 11.9 Å². The van der Waals surface area contributed by atoms with Crippen molar-refractivity contribution in [1.29, 1.82) is 0 Å². The summed E-state index contributed by atoms with van der Waals surface area (Å²) in [6.07, 6.45) is 6.00. The number of amides is 1. The molecule has 1 amide bonds. The van der Waals surface area contributed by atoms with Gasteiger partial charge in [-0.05, 0) is 37.5 Å². The van der Waals surface area contributed by atoms with Crippen molar-refractivity contribution in [3.8, 4) is 0 Å². The third-order valence-corrected chi connectivity index (χ3v) is 3.46. The quantitative estimate of drug-likeness (QED) is 0.651. The number of halogens is 1. The molecule has 0 unspecified atom stereocenters. The fraction of sp³-hybridized carbons (Fsp3) is 0.308. The van der Waals surface area contributed by atoms with E-state index in [4.69, 9.17) is 5.73 Å². The first-order valence-electron chi connectivity index (χ1n) is 5.59. The van der Waals surface area contributed by atoms with Gasteiger partial charge in [0, 0.05) is 21.8 Å². The van der Waals surface area contributed by atoms with Crippen molar-refractivity contribution in [3.63, 3.8) is 0 Å². The number of rotatable bonds is 2. The molecule has 1 aromatic rings. The van der Waals surface area contributed by atoms with Crippen molar-refractivity contribution >= 4 is 27.5 Å². The second kappa shape index (κ2) is 4.92. The van der Waals surface area contributed by atoms with E-state index in [1.807, 2.05) is 19.1 Å². The Bertz CT molecular complexity index is 475. The number of hydrogen-bond donors (Lipinski definition) is 2. The number of nitrogens with two attached hydrogens (primary N) is 1. The number of anilines is 1. The van der Waals surface area contributed by atoms with Crippen LogP contribution >= 0.6 is 15.9 Å². The number of benzene rings is 1. The Morgan fingerprint density at radius 2 is 2.06 bits per heavy atom. The highest BCUT2D eigenvalue weighted by molar-refractivity contribution is 9.10. The van der Waals surface area contributed by atoms with Gasteiger partial charge in [0.15, 0.2) is 0 Å². The van der Waals surface area contributed by atoms with E-state index in [0.717, 1.165) is 22.9 Å². The Hall–Kier alpha value is -1.29. The summed E-state index contributed by atoms with van der Waals surface area (Å²) in [4.78, 5) is 12.1. The standard InChI is InChI=1S/C13H15BrN2O/c1-8-11(6-9(14)7-12(8)15)13(17)16-10-4-2-3-5-10/h2-3,6-7,10H,4-5,15H2,1H3,(H,16,17). The van der Waals surface area contributed by atoms with Gasteiger partial charge in [0.1, 0.15) is 0 Å². The molecule has 0 fully saturated rings. The first-order chi connectivity index (χ1) is 8.08. The minimum atomic E-state index is -0.0517. The Kier molecular flexibility index (Phi) is 3.52. The van der Waals surface area contributed by atoms with Gasteiger partial charge in [0.05, 0.1) is 0 Å². The lowest BCUT2D eigenvalue weighted by Crippen LogP contribution is -2.33. The van der Waals surface area contributed by atoms with Crippen LogP contribution in [0.5, 0.6) is 0 Å². The second-order valence-corrected chi connectivity index (χ2v) is 5.20. The maximum Gasteiger partial charge on any atom is 0.251 e. The molecule has 0 atom stereocenters. The van der Waals surface area contributed by atoms with E-state index in [1.54, 1.807) is 0 Å². The predicted molar refractivity (Wildman–Crippen MR) is 72.9 cm³/mol. The first-order valence-corrected chi connectivity index (χ1v) is 6.38. The summed E-state index contributed by atoms with van der Waals surface area (Å²) < 4.78 is 0.829. The van der Waals surface area contributed by atoms with Gasteiger partial charge in [0.2, 0.25) is 0 Å². The van der Waals surface area contributed by atoms with Crippen LogP contribution in [0.25, 0.3) is 0 Å². The molecule has 0 aliphatic heterocycles. The molecule has 1 aliphatic rings.